The van der Waals surface area contributed by atoms with Crippen molar-refractivity contribution in [3.63, 3.8) is 0 Å². The van der Waals surface area contributed by atoms with Crippen LogP contribution in [0.15, 0.2) is 168 Å². The van der Waals surface area contributed by atoms with Gasteiger partial charge in [-0.1, -0.05) is 115 Å². The summed E-state index contributed by atoms with van der Waals surface area (Å²) in [5.41, 5.74) is 17.4. The van der Waals surface area contributed by atoms with Crippen LogP contribution in [-0.4, -0.2) is 45.6 Å². The number of ether oxygens (including phenoxy) is 2. The fraction of sp³-hybridized carbons (Fsp3) is 0.0370. The van der Waals surface area contributed by atoms with E-state index in [1.807, 2.05) is 66.7 Å². The lowest BCUT2D eigenvalue weighted by Gasteiger charge is -2.09. The molecule has 0 aliphatic carbocycles. The lowest BCUT2D eigenvalue weighted by molar-refractivity contribution is 0.415. The van der Waals surface area contributed by atoms with Crippen LogP contribution in [0.25, 0.3) is 79.8 Å². The zero-order valence-corrected chi connectivity index (χ0v) is 33.9. The van der Waals surface area contributed by atoms with E-state index >= 15 is 0 Å². The SMILES string of the molecule is COc1cccc(-c2c3nc(c4c5[nH]c(cc5C(c5ccccc5)=NN=C4c4ccccc4)c(-c4cccc(OC)c4)c4nc(c(-c5ccccc5)c5ccc2[nH]5)C=C4)C=C3)c1. The molecular formula is C54H38N6O2. The monoisotopic (exact) mass is 802 g/mol. The second kappa shape index (κ2) is 15.3. The lowest BCUT2D eigenvalue weighted by Crippen LogP contribution is -2.06. The summed E-state index contributed by atoms with van der Waals surface area (Å²) in [6, 6.07) is 53.5. The van der Waals surface area contributed by atoms with Gasteiger partial charge < -0.3 is 19.4 Å². The van der Waals surface area contributed by atoms with Crippen molar-refractivity contribution < 1.29 is 9.47 Å². The highest BCUT2D eigenvalue weighted by atomic mass is 16.5. The second-order valence-corrected chi connectivity index (χ2v) is 15.1. The van der Waals surface area contributed by atoms with Gasteiger partial charge in [-0.2, -0.15) is 0 Å². The summed E-state index contributed by atoms with van der Waals surface area (Å²) in [6.07, 6.45) is 8.39. The van der Waals surface area contributed by atoms with Gasteiger partial charge in [0, 0.05) is 49.9 Å². The van der Waals surface area contributed by atoms with E-state index in [1.165, 1.54) is 0 Å². The summed E-state index contributed by atoms with van der Waals surface area (Å²) < 4.78 is 11.5. The van der Waals surface area contributed by atoms with E-state index in [-0.39, 0.29) is 0 Å². The maximum absolute atomic E-state index is 5.79. The van der Waals surface area contributed by atoms with E-state index in [0.717, 1.165) is 118 Å². The predicted molar refractivity (Wildman–Crippen MR) is 252 cm³/mol. The number of aromatic amines is 2. The van der Waals surface area contributed by atoms with Crippen LogP contribution in [0.4, 0.5) is 0 Å². The van der Waals surface area contributed by atoms with Crippen molar-refractivity contribution in [3.8, 4) is 44.9 Å². The zero-order valence-electron chi connectivity index (χ0n) is 33.9. The number of nitrogens with one attached hydrogen (secondary N) is 2. The minimum Gasteiger partial charge on any atom is -0.497 e. The first-order chi connectivity index (χ1) is 30.6. The molecule has 0 fully saturated rings. The standard InChI is InChI=1S/C54H38N6O2/c1-61-38-22-12-20-36(30-38)49-43-26-24-41(55-43)48(33-14-6-3-7-15-33)42-25-27-45(56-42)50(37-21-13-23-39(31-37)62-2)47-32-40-52(34-16-8-4-9-17-34)59-60-53(35-18-10-5-11-19-35)51(54(40)58-47)46-29-28-44(49)57-46/h3-32,55,58H,1-2H3. The number of benzene rings is 5. The maximum atomic E-state index is 5.79. The molecule has 0 radical (unpaired) electrons. The molecule has 2 N–H and O–H groups in total. The Labute approximate surface area is 358 Å². The minimum atomic E-state index is 0.695. The van der Waals surface area contributed by atoms with Crippen LogP contribution in [0.1, 0.15) is 45.0 Å². The van der Waals surface area contributed by atoms with E-state index in [9.17, 15) is 0 Å². The van der Waals surface area contributed by atoms with E-state index in [4.69, 9.17) is 29.6 Å². The average Bonchev–Trinajstić information content (AvgIpc) is 4.17. The van der Waals surface area contributed by atoms with Crippen LogP contribution in [0.2, 0.25) is 0 Å². The molecule has 0 unspecified atom stereocenters. The van der Waals surface area contributed by atoms with Gasteiger partial charge in [0.2, 0.25) is 0 Å². The van der Waals surface area contributed by atoms with Gasteiger partial charge in [-0.3, -0.25) is 0 Å². The topological polar surface area (TPSA) is 101 Å². The van der Waals surface area contributed by atoms with Crippen molar-refractivity contribution in [1.29, 1.82) is 0 Å². The predicted octanol–water partition coefficient (Wildman–Crippen LogP) is 12.3. The third kappa shape index (κ3) is 6.42. The molecule has 8 aromatic rings. The number of H-pyrrole nitrogens is 2. The van der Waals surface area contributed by atoms with Crippen LogP contribution < -0.4 is 9.47 Å². The molecule has 296 valence electrons. The first-order valence-corrected chi connectivity index (χ1v) is 20.5. The fourth-order valence-corrected chi connectivity index (χ4v) is 8.61. The van der Waals surface area contributed by atoms with E-state index in [0.29, 0.717) is 5.71 Å². The lowest BCUT2D eigenvalue weighted by atomic mass is 9.96. The van der Waals surface area contributed by atoms with Crippen LogP contribution in [0.5, 0.6) is 11.5 Å². The summed E-state index contributed by atoms with van der Waals surface area (Å²) in [5, 5.41) is 10.2. The van der Waals surface area contributed by atoms with Crippen molar-refractivity contribution in [3.05, 3.63) is 203 Å². The highest BCUT2D eigenvalue weighted by Crippen LogP contribution is 2.40. The van der Waals surface area contributed by atoms with Crippen molar-refractivity contribution >= 4 is 57.8 Å². The molecule has 0 atom stereocenters. The molecule has 3 aromatic heterocycles. The Hall–Kier alpha value is -8.36. The number of fused-ring (bicyclic) bond motifs is 8. The molecule has 0 saturated carbocycles. The number of aromatic nitrogens is 4. The molecule has 3 aliphatic heterocycles. The molecule has 11 rings (SSSR count). The Morgan fingerprint density at radius 1 is 0.371 bits per heavy atom. The van der Waals surface area contributed by atoms with E-state index in [2.05, 4.69) is 125 Å². The largest absolute Gasteiger partial charge is 0.497 e. The Bertz CT molecular complexity index is 3360. The van der Waals surface area contributed by atoms with Crippen LogP contribution in [-0.2, 0) is 0 Å². The summed E-state index contributed by atoms with van der Waals surface area (Å²) in [4.78, 5) is 18.8. The van der Waals surface area contributed by atoms with Gasteiger partial charge in [0.25, 0.3) is 0 Å². The minimum absolute atomic E-state index is 0.695. The number of hydrogen-bond acceptors (Lipinski definition) is 6. The smallest absolute Gasteiger partial charge is 0.119 e. The molecule has 0 spiro atoms. The van der Waals surface area contributed by atoms with Crippen molar-refractivity contribution in [2.75, 3.05) is 14.2 Å². The van der Waals surface area contributed by atoms with Crippen molar-refractivity contribution in [2.45, 2.75) is 0 Å². The number of hydrogen-bond donors (Lipinski definition) is 2. The highest BCUT2D eigenvalue weighted by molar-refractivity contribution is 6.27. The van der Waals surface area contributed by atoms with Crippen molar-refractivity contribution in [2.24, 2.45) is 10.2 Å². The molecule has 62 heavy (non-hydrogen) atoms. The quantitative estimate of drug-likeness (QED) is 0.168. The van der Waals surface area contributed by atoms with Gasteiger partial charge in [0.15, 0.2) is 0 Å². The average molecular weight is 803 g/mol. The second-order valence-electron chi connectivity index (χ2n) is 15.1. The Kier molecular flexibility index (Phi) is 9.08. The molecule has 6 heterocycles. The van der Waals surface area contributed by atoms with E-state index < -0.39 is 0 Å². The summed E-state index contributed by atoms with van der Waals surface area (Å²) in [7, 11) is 3.38. The summed E-state index contributed by atoms with van der Waals surface area (Å²) >= 11 is 0. The van der Waals surface area contributed by atoms with Gasteiger partial charge in [0.05, 0.1) is 48.1 Å². The van der Waals surface area contributed by atoms with Crippen LogP contribution in [0, 0.1) is 0 Å². The molecule has 5 aromatic carbocycles. The molecule has 8 bridgehead atoms. The fourth-order valence-electron chi connectivity index (χ4n) is 8.61. The molecule has 3 aliphatic rings. The highest BCUT2D eigenvalue weighted by Gasteiger charge is 2.26. The van der Waals surface area contributed by atoms with Crippen LogP contribution >= 0.6 is 0 Å². The molecule has 8 heteroatoms. The van der Waals surface area contributed by atoms with Gasteiger partial charge in [-0.15, -0.1) is 10.2 Å². The molecular weight excluding hydrogens is 765 g/mol. The molecule has 0 amide bonds. The molecule has 0 saturated heterocycles. The summed E-state index contributed by atoms with van der Waals surface area (Å²) in [6.45, 7) is 0. The first kappa shape index (κ1) is 36.7. The Morgan fingerprint density at radius 2 is 0.806 bits per heavy atom. The van der Waals surface area contributed by atoms with E-state index in [1.54, 1.807) is 14.2 Å². The summed E-state index contributed by atoms with van der Waals surface area (Å²) in [5.74, 6) is 1.49. The van der Waals surface area contributed by atoms with Gasteiger partial charge in [-0.25, -0.2) is 9.97 Å². The van der Waals surface area contributed by atoms with Gasteiger partial charge in [0.1, 0.15) is 22.9 Å². The van der Waals surface area contributed by atoms with Crippen molar-refractivity contribution in [1.82, 2.24) is 19.9 Å². The third-order valence-electron chi connectivity index (χ3n) is 11.5. The molecule has 8 nitrogen and oxygen atoms in total. The number of rotatable bonds is 7. The van der Waals surface area contributed by atoms with Crippen LogP contribution in [0.3, 0.4) is 0 Å². The number of nitrogens with zero attached hydrogens (tertiary/aromatic N) is 4. The Morgan fingerprint density at radius 3 is 1.34 bits per heavy atom. The first-order valence-electron chi connectivity index (χ1n) is 20.5. The normalized spacial score (nSPS) is 12.7. The number of methoxy groups -OCH3 is 2. The Balaban J connectivity index is 1.36. The third-order valence-corrected chi connectivity index (χ3v) is 11.5. The van der Waals surface area contributed by atoms with Gasteiger partial charge >= 0.3 is 0 Å². The van der Waals surface area contributed by atoms with Gasteiger partial charge in [-0.05, 0) is 83.5 Å². The maximum Gasteiger partial charge on any atom is 0.119 e. The zero-order chi connectivity index (χ0) is 41.6.